The highest BCUT2D eigenvalue weighted by molar-refractivity contribution is 6.04. The first-order valence-electron chi connectivity index (χ1n) is 13.0. The van der Waals surface area contributed by atoms with Crippen molar-refractivity contribution in [3.05, 3.63) is 94.0 Å². The number of aliphatic hydroxyl groups is 1. The molecule has 0 radical (unpaired) electrons. The van der Waals surface area contributed by atoms with Gasteiger partial charge in [0.1, 0.15) is 22.5 Å². The molecule has 0 saturated carbocycles. The largest absolute Gasteiger partial charge is 0.453 e. The van der Waals surface area contributed by atoms with Crippen molar-refractivity contribution < 1.29 is 23.4 Å². The second-order valence-corrected chi connectivity index (χ2v) is 9.87. The van der Waals surface area contributed by atoms with Crippen LogP contribution in [0.15, 0.2) is 65.6 Å². The van der Waals surface area contributed by atoms with Gasteiger partial charge in [-0.05, 0) is 55.3 Å². The Morgan fingerprint density at radius 3 is 2.52 bits per heavy atom. The number of nitrogens with one attached hydrogen (secondary N) is 3. The van der Waals surface area contributed by atoms with Crippen LogP contribution in [0.3, 0.4) is 0 Å². The van der Waals surface area contributed by atoms with Crippen molar-refractivity contribution in [1.82, 2.24) is 25.0 Å². The lowest BCUT2D eigenvalue weighted by Gasteiger charge is -2.14. The third-order valence-corrected chi connectivity index (χ3v) is 6.33. The summed E-state index contributed by atoms with van der Waals surface area (Å²) in [5, 5.41) is 26.7. The van der Waals surface area contributed by atoms with Gasteiger partial charge in [-0.15, -0.1) is 0 Å². The number of anilines is 2. The molecule has 3 aromatic heterocycles. The van der Waals surface area contributed by atoms with E-state index in [9.17, 15) is 19.1 Å². The molecule has 42 heavy (non-hydrogen) atoms. The van der Waals surface area contributed by atoms with Gasteiger partial charge in [-0.3, -0.25) is 14.7 Å². The number of H-pyrrole nitrogens is 1. The Morgan fingerprint density at radius 1 is 1.07 bits per heavy atom. The van der Waals surface area contributed by atoms with Gasteiger partial charge in [-0.1, -0.05) is 13.8 Å². The first kappa shape index (κ1) is 28.4. The zero-order valence-corrected chi connectivity index (χ0v) is 22.9. The second-order valence-electron chi connectivity index (χ2n) is 9.87. The molecule has 1 unspecified atom stereocenters. The third kappa shape index (κ3) is 5.81. The highest BCUT2D eigenvalue weighted by Gasteiger charge is 2.20. The van der Waals surface area contributed by atoms with Gasteiger partial charge < -0.3 is 20.5 Å². The zero-order chi connectivity index (χ0) is 30.0. The Bertz CT molecular complexity index is 1820. The Morgan fingerprint density at radius 2 is 1.83 bits per heavy atom. The number of hydrogen-bond donors (Lipinski definition) is 4. The van der Waals surface area contributed by atoms with Crippen molar-refractivity contribution in [2.45, 2.75) is 32.7 Å². The quantitative estimate of drug-likeness (QED) is 0.197. The predicted molar refractivity (Wildman–Crippen MR) is 152 cm³/mol. The Balaban J connectivity index is 1.41. The number of carbonyl (C=O) groups excluding carboxylic acids is 1. The van der Waals surface area contributed by atoms with E-state index in [0.29, 0.717) is 22.5 Å². The maximum atomic E-state index is 15.2. The molecule has 2 aromatic carbocycles. The van der Waals surface area contributed by atoms with Crippen LogP contribution in [-0.2, 0) is 0 Å². The predicted octanol–water partition coefficient (Wildman–Crippen LogP) is 4.74. The first-order valence-corrected chi connectivity index (χ1v) is 13.0. The van der Waals surface area contributed by atoms with E-state index >= 15 is 4.39 Å². The summed E-state index contributed by atoms with van der Waals surface area (Å²) >= 11 is 0. The van der Waals surface area contributed by atoms with Crippen LogP contribution < -0.4 is 20.9 Å². The maximum Gasteiger partial charge on any atom is 0.284 e. The van der Waals surface area contributed by atoms with E-state index in [0.717, 1.165) is 10.7 Å². The monoisotopic (exact) mass is 575 g/mol. The Hall–Kier alpha value is -5.17. The van der Waals surface area contributed by atoms with Crippen LogP contribution in [0.5, 0.6) is 11.5 Å². The molecule has 1 amide bonds. The number of rotatable bonds is 9. The second kappa shape index (κ2) is 11.7. The van der Waals surface area contributed by atoms with Gasteiger partial charge >= 0.3 is 0 Å². The lowest BCUT2D eigenvalue weighted by atomic mass is 10.1. The first-order chi connectivity index (χ1) is 20.1. The summed E-state index contributed by atoms with van der Waals surface area (Å²) in [6.45, 7) is 5.33. The van der Waals surface area contributed by atoms with Crippen LogP contribution in [0.2, 0.25) is 0 Å². The number of carbonyl (C=O) groups is 1. The van der Waals surface area contributed by atoms with Crippen LogP contribution in [0.1, 0.15) is 42.7 Å². The number of benzene rings is 2. The topological polar surface area (TPSA) is 147 Å². The van der Waals surface area contributed by atoms with Gasteiger partial charge in [0.2, 0.25) is 0 Å². The summed E-state index contributed by atoms with van der Waals surface area (Å²) in [6, 6.07) is 11.6. The van der Waals surface area contributed by atoms with Gasteiger partial charge in [-0.25, -0.2) is 13.8 Å². The van der Waals surface area contributed by atoms with Gasteiger partial charge in [0.25, 0.3) is 11.5 Å². The molecule has 13 heteroatoms. The van der Waals surface area contributed by atoms with Crippen molar-refractivity contribution in [2.75, 3.05) is 17.2 Å². The molecule has 4 N–H and O–H groups in total. The lowest BCUT2D eigenvalue weighted by molar-refractivity contribution is 0.102. The fraction of sp³-hybridized carbons (Fsp3) is 0.207. The van der Waals surface area contributed by atoms with Crippen molar-refractivity contribution in [3.63, 3.8) is 0 Å². The number of amides is 1. The molecule has 0 aliphatic carbocycles. The molecule has 0 aliphatic rings. The summed E-state index contributed by atoms with van der Waals surface area (Å²) < 4.78 is 35.5. The average Bonchev–Trinajstić information content (AvgIpc) is 3.38. The number of halogens is 2. The normalized spacial score (nSPS) is 12.0. The van der Waals surface area contributed by atoms with Crippen molar-refractivity contribution in [3.8, 4) is 17.2 Å². The summed E-state index contributed by atoms with van der Waals surface area (Å²) in [4.78, 5) is 30.6. The van der Waals surface area contributed by atoms with Crippen molar-refractivity contribution in [2.24, 2.45) is 0 Å². The molecule has 0 aliphatic heterocycles. The number of aliphatic hydroxyl groups excluding tert-OH is 1. The fourth-order valence-corrected chi connectivity index (χ4v) is 4.08. The van der Waals surface area contributed by atoms with Crippen LogP contribution in [0.4, 0.5) is 20.3 Å². The summed E-state index contributed by atoms with van der Waals surface area (Å²) in [6.07, 6.45) is 1.47. The lowest BCUT2D eigenvalue weighted by Crippen LogP contribution is -2.31. The molecule has 0 fully saturated rings. The number of nitrogens with zero attached hydrogens (tertiary/aromatic N) is 4. The van der Waals surface area contributed by atoms with E-state index in [1.165, 1.54) is 48.7 Å². The summed E-state index contributed by atoms with van der Waals surface area (Å²) in [5.41, 5.74) is 0.305. The van der Waals surface area contributed by atoms with Crippen molar-refractivity contribution in [1.29, 1.82) is 0 Å². The van der Waals surface area contributed by atoms with Crippen LogP contribution >= 0.6 is 0 Å². The highest BCUT2D eigenvalue weighted by atomic mass is 19.1. The number of fused-ring (bicyclic) bond motifs is 1. The van der Waals surface area contributed by atoms with Gasteiger partial charge in [-0.2, -0.15) is 14.9 Å². The highest BCUT2D eigenvalue weighted by Crippen LogP contribution is 2.34. The van der Waals surface area contributed by atoms with E-state index in [4.69, 9.17) is 4.74 Å². The fourth-order valence-electron chi connectivity index (χ4n) is 4.08. The van der Waals surface area contributed by atoms with Crippen LogP contribution in [0.25, 0.3) is 16.7 Å². The van der Waals surface area contributed by atoms with Gasteiger partial charge in [0.15, 0.2) is 23.0 Å². The van der Waals surface area contributed by atoms with Gasteiger partial charge in [0, 0.05) is 30.1 Å². The molecule has 3 heterocycles. The minimum Gasteiger partial charge on any atom is -0.453 e. The minimum atomic E-state index is -0.777. The average molecular weight is 576 g/mol. The van der Waals surface area contributed by atoms with E-state index < -0.39 is 23.1 Å². The standard InChI is InChI=1S/C29H27F2N7O4/c1-15(2)22-13-20(29(41)38(37-22)19-7-4-17(30)5-8-19)28(40)34-18-6-9-23(21(31)12-18)42-24-10-11-32-26-25(24)27(36-35-26)33-16(3)14-39/h4-13,15-16,39H,14H2,1-3H3,(H,34,40)(H2,32,33,35,36). The molecular formula is C29H27F2N7O4. The molecule has 0 spiro atoms. The molecule has 0 saturated heterocycles. The van der Waals surface area contributed by atoms with E-state index in [1.54, 1.807) is 13.0 Å². The molecular weight excluding hydrogens is 548 g/mol. The molecule has 0 bridgehead atoms. The molecule has 216 valence electrons. The molecule has 5 aromatic rings. The third-order valence-electron chi connectivity index (χ3n) is 6.33. The zero-order valence-electron chi connectivity index (χ0n) is 22.9. The van der Waals surface area contributed by atoms with Crippen LogP contribution in [0, 0.1) is 11.6 Å². The maximum absolute atomic E-state index is 15.2. The molecule has 11 nitrogen and oxygen atoms in total. The summed E-state index contributed by atoms with van der Waals surface area (Å²) in [7, 11) is 0. The minimum absolute atomic E-state index is 0.0859. The number of aromatic amines is 1. The summed E-state index contributed by atoms with van der Waals surface area (Å²) in [5.74, 6) is -1.65. The Labute approximate surface area is 238 Å². The van der Waals surface area contributed by atoms with Crippen molar-refractivity contribution >= 4 is 28.4 Å². The van der Waals surface area contributed by atoms with Crippen LogP contribution in [-0.4, -0.2) is 48.6 Å². The van der Waals surface area contributed by atoms with E-state index in [-0.39, 0.29) is 47.0 Å². The van der Waals surface area contributed by atoms with Gasteiger partial charge in [0.05, 0.1) is 18.0 Å². The number of pyridine rings is 1. The number of aromatic nitrogens is 5. The number of ether oxygens (including phenoxy) is 1. The molecule has 1 atom stereocenters. The molecule has 5 rings (SSSR count). The SMILES string of the molecule is CC(CO)Nc1n[nH]c2nccc(Oc3ccc(NC(=O)c4cc(C(C)C)nn(-c5ccc(F)cc5)c4=O)cc3F)c12. The number of hydrogen-bond acceptors (Lipinski definition) is 8. The Kier molecular flexibility index (Phi) is 7.93. The van der Waals surface area contributed by atoms with E-state index in [1.807, 2.05) is 13.8 Å². The van der Waals surface area contributed by atoms with E-state index in [2.05, 4.69) is 30.9 Å². The smallest absolute Gasteiger partial charge is 0.284 e.